The van der Waals surface area contributed by atoms with E-state index in [-0.39, 0.29) is 23.2 Å². The van der Waals surface area contributed by atoms with E-state index < -0.39 is 0 Å². The van der Waals surface area contributed by atoms with Crippen LogP contribution in [0.2, 0.25) is 0 Å². The molecule has 0 aromatic carbocycles. The van der Waals surface area contributed by atoms with Crippen molar-refractivity contribution >= 4 is 17.5 Å². The summed E-state index contributed by atoms with van der Waals surface area (Å²) in [6.07, 6.45) is 2.96. The van der Waals surface area contributed by atoms with E-state index in [1.165, 1.54) is 19.1 Å². The molecular weight excluding hydrogens is 182 g/mol. The normalized spacial score (nSPS) is 16.1. The maximum Gasteiger partial charge on any atom is 0.221 e. The van der Waals surface area contributed by atoms with Crippen LogP contribution in [-0.4, -0.2) is 17.5 Å². The zero-order valence-corrected chi connectivity index (χ0v) is 8.09. The number of hydrogen-bond acceptors (Lipinski definition) is 3. The third-order valence-electron chi connectivity index (χ3n) is 1.85. The molecule has 1 aliphatic carbocycles. The topological polar surface area (TPSA) is 63.2 Å². The first-order valence-electron chi connectivity index (χ1n) is 4.33. The Bertz CT molecular complexity index is 364. The predicted octanol–water partition coefficient (Wildman–Crippen LogP) is 0.495. The fraction of sp³-hybridized carbons (Fsp3) is 0.300. The number of amides is 1. The second kappa shape index (κ2) is 4.00. The minimum absolute atomic E-state index is 0.0553. The molecule has 1 rings (SSSR count). The van der Waals surface area contributed by atoms with Crippen LogP contribution in [0.5, 0.6) is 0 Å². The van der Waals surface area contributed by atoms with Gasteiger partial charge in [0.2, 0.25) is 11.7 Å². The van der Waals surface area contributed by atoms with Gasteiger partial charge in [-0.25, -0.2) is 0 Å². The highest BCUT2D eigenvalue weighted by atomic mass is 16.2. The van der Waals surface area contributed by atoms with E-state index in [4.69, 9.17) is 0 Å². The van der Waals surface area contributed by atoms with Crippen molar-refractivity contribution in [2.45, 2.75) is 20.3 Å². The molecular formula is C10H11NO3. The summed E-state index contributed by atoms with van der Waals surface area (Å²) in [5, 5.41) is 2.31. The number of nitrogens with one attached hydrogen (secondary N) is 1. The minimum Gasteiger partial charge on any atom is -0.323 e. The van der Waals surface area contributed by atoms with Crippen molar-refractivity contribution in [3.8, 4) is 0 Å². The fourth-order valence-corrected chi connectivity index (χ4v) is 1.17. The first kappa shape index (κ1) is 10.4. The third kappa shape index (κ3) is 2.16. The number of rotatable bonds is 2. The van der Waals surface area contributed by atoms with Gasteiger partial charge in [0.15, 0.2) is 5.78 Å². The Morgan fingerprint density at radius 1 is 1.29 bits per heavy atom. The molecule has 0 atom stereocenters. The lowest BCUT2D eigenvalue weighted by Gasteiger charge is -2.10. The molecule has 4 heteroatoms. The van der Waals surface area contributed by atoms with Crippen molar-refractivity contribution in [1.82, 2.24) is 5.32 Å². The number of ketones is 2. The van der Waals surface area contributed by atoms with Crippen molar-refractivity contribution in [2.75, 3.05) is 0 Å². The van der Waals surface area contributed by atoms with Gasteiger partial charge in [-0.1, -0.05) is 6.92 Å². The van der Waals surface area contributed by atoms with Crippen molar-refractivity contribution < 1.29 is 14.4 Å². The Labute approximate surface area is 81.7 Å². The van der Waals surface area contributed by atoms with Gasteiger partial charge in [0.05, 0.1) is 5.70 Å². The Morgan fingerprint density at radius 2 is 1.93 bits per heavy atom. The van der Waals surface area contributed by atoms with Crippen molar-refractivity contribution in [2.24, 2.45) is 0 Å². The van der Waals surface area contributed by atoms with E-state index >= 15 is 0 Å². The standard InChI is InChI=1S/C10H11NO3/c1-3-7-4-10(14)8(5-9(7)13)11-6(2)12/h4-5H,3H2,1-2H3,(H,11,12). The van der Waals surface area contributed by atoms with Crippen LogP contribution < -0.4 is 5.32 Å². The monoisotopic (exact) mass is 193 g/mol. The molecule has 0 saturated carbocycles. The molecule has 0 bridgehead atoms. The summed E-state index contributed by atoms with van der Waals surface area (Å²) in [5.74, 6) is -0.891. The van der Waals surface area contributed by atoms with Gasteiger partial charge in [-0.3, -0.25) is 14.4 Å². The molecule has 1 aliphatic rings. The number of allylic oxidation sites excluding steroid dienone is 3. The van der Waals surface area contributed by atoms with E-state index in [9.17, 15) is 14.4 Å². The van der Waals surface area contributed by atoms with E-state index in [2.05, 4.69) is 5.32 Å². The predicted molar refractivity (Wildman–Crippen MR) is 50.3 cm³/mol. The molecule has 0 fully saturated rings. The maximum atomic E-state index is 11.3. The van der Waals surface area contributed by atoms with Gasteiger partial charge in [0.25, 0.3) is 0 Å². The fourth-order valence-electron chi connectivity index (χ4n) is 1.17. The van der Waals surface area contributed by atoms with Gasteiger partial charge in [-0.05, 0) is 12.5 Å². The van der Waals surface area contributed by atoms with Crippen molar-refractivity contribution in [3.63, 3.8) is 0 Å². The summed E-state index contributed by atoms with van der Waals surface area (Å²) < 4.78 is 0. The average Bonchev–Trinajstić information content (AvgIpc) is 2.10. The quantitative estimate of drug-likeness (QED) is 0.649. The van der Waals surface area contributed by atoms with Crippen LogP contribution in [0.25, 0.3) is 0 Å². The number of carbonyl (C=O) groups excluding carboxylic acids is 3. The second-order valence-electron chi connectivity index (χ2n) is 2.99. The second-order valence-corrected chi connectivity index (χ2v) is 2.99. The van der Waals surface area contributed by atoms with Crippen LogP contribution in [-0.2, 0) is 14.4 Å². The first-order valence-corrected chi connectivity index (χ1v) is 4.33. The third-order valence-corrected chi connectivity index (χ3v) is 1.85. The van der Waals surface area contributed by atoms with E-state index in [1.54, 1.807) is 6.92 Å². The smallest absolute Gasteiger partial charge is 0.221 e. The highest BCUT2D eigenvalue weighted by molar-refractivity contribution is 6.20. The summed E-state index contributed by atoms with van der Waals surface area (Å²) in [5.41, 5.74) is 0.531. The van der Waals surface area contributed by atoms with Gasteiger partial charge >= 0.3 is 0 Å². The molecule has 0 spiro atoms. The van der Waals surface area contributed by atoms with Crippen LogP contribution in [0, 0.1) is 0 Å². The van der Waals surface area contributed by atoms with E-state index in [1.807, 2.05) is 0 Å². The lowest BCUT2D eigenvalue weighted by Crippen LogP contribution is -2.27. The summed E-state index contributed by atoms with van der Waals surface area (Å²) in [6.45, 7) is 3.09. The molecule has 74 valence electrons. The van der Waals surface area contributed by atoms with Crippen molar-refractivity contribution in [3.05, 3.63) is 23.4 Å². The summed E-state index contributed by atoms with van der Waals surface area (Å²) in [4.78, 5) is 33.3. The van der Waals surface area contributed by atoms with Gasteiger partial charge in [-0.2, -0.15) is 0 Å². The Balaban J connectivity index is 2.89. The Morgan fingerprint density at radius 3 is 2.43 bits per heavy atom. The van der Waals surface area contributed by atoms with Crippen LogP contribution in [0.15, 0.2) is 23.4 Å². The number of hydrogen-bond donors (Lipinski definition) is 1. The lowest BCUT2D eigenvalue weighted by atomic mass is 9.99. The van der Waals surface area contributed by atoms with Crippen LogP contribution in [0.1, 0.15) is 20.3 Å². The van der Waals surface area contributed by atoms with Gasteiger partial charge in [-0.15, -0.1) is 0 Å². The molecule has 0 aromatic rings. The van der Waals surface area contributed by atoms with E-state index in [0.29, 0.717) is 12.0 Å². The molecule has 14 heavy (non-hydrogen) atoms. The highest BCUT2D eigenvalue weighted by Crippen LogP contribution is 2.12. The molecule has 0 radical (unpaired) electrons. The molecule has 1 N–H and O–H groups in total. The van der Waals surface area contributed by atoms with Crippen molar-refractivity contribution in [1.29, 1.82) is 0 Å². The number of carbonyl (C=O) groups is 3. The SMILES string of the molecule is CCC1=CC(=O)C(NC(C)=O)=CC1=O. The maximum absolute atomic E-state index is 11.3. The van der Waals surface area contributed by atoms with Gasteiger partial charge in [0.1, 0.15) is 0 Å². The summed E-state index contributed by atoms with van der Waals surface area (Å²) >= 11 is 0. The molecule has 0 heterocycles. The summed E-state index contributed by atoms with van der Waals surface area (Å²) in [7, 11) is 0. The zero-order valence-electron chi connectivity index (χ0n) is 8.09. The molecule has 0 unspecified atom stereocenters. The molecule has 0 saturated heterocycles. The molecule has 1 amide bonds. The minimum atomic E-state index is -0.356. The van der Waals surface area contributed by atoms with Crippen LogP contribution in [0.4, 0.5) is 0 Å². The summed E-state index contributed by atoms with van der Waals surface area (Å²) in [6, 6.07) is 0. The highest BCUT2D eigenvalue weighted by Gasteiger charge is 2.19. The zero-order chi connectivity index (χ0) is 10.7. The van der Waals surface area contributed by atoms with Gasteiger partial charge in [0, 0.05) is 18.6 Å². The molecule has 0 aliphatic heterocycles. The largest absolute Gasteiger partial charge is 0.323 e. The lowest BCUT2D eigenvalue weighted by molar-refractivity contribution is -0.120. The van der Waals surface area contributed by atoms with E-state index in [0.717, 1.165) is 0 Å². The first-order chi connectivity index (χ1) is 6.54. The Hall–Kier alpha value is -1.71. The van der Waals surface area contributed by atoms with Crippen LogP contribution >= 0.6 is 0 Å². The van der Waals surface area contributed by atoms with Crippen LogP contribution in [0.3, 0.4) is 0 Å². The Kier molecular flexibility index (Phi) is 2.96. The molecule has 4 nitrogen and oxygen atoms in total. The molecule has 0 aromatic heterocycles. The van der Waals surface area contributed by atoms with Gasteiger partial charge < -0.3 is 5.32 Å². The average molecular weight is 193 g/mol.